The second kappa shape index (κ2) is 10.2. The Morgan fingerprint density at radius 1 is 1.00 bits per heavy atom. The van der Waals surface area contributed by atoms with Crippen molar-refractivity contribution in [3.8, 4) is 5.69 Å². The number of benzene rings is 3. The highest BCUT2D eigenvalue weighted by molar-refractivity contribution is 7.99. The molecular formula is C23H20FN5O3S2. The van der Waals surface area contributed by atoms with Crippen LogP contribution in [-0.4, -0.2) is 34.8 Å². The minimum atomic E-state index is -3.88. The molecule has 3 aromatic carbocycles. The predicted molar refractivity (Wildman–Crippen MR) is 128 cm³/mol. The molecule has 4 aromatic rings. The van der Waals surface area contributed by atoms with Crippen LogP contribution in [-0.2, 0) is 21.2 Å². The minimum Gasteiger partial charge on any atom is -0.325 e. The molecule has 174 valence electrons. The van der Waals surface area contributed by atoms with Crippen LogP contribution in [0.1, 0.15) is 11.4 Å². The van der Waals surface area contributed by atoms with Gasteiger partial charge in [-0.2, -0.15) is 0 Å². The van der Waals surface area contributed by atoms with Crippen molar-refractivity contribution in [3.63, 3.8) is 0 Å². The number of nitrogens with one attached hydrogen (secondary N) is 1. The summed E-state index contributed by atoms with van der Waals surface area (Å²) in [6.07, 6.45) is 0.498. The summed E-state index contributed by atoms with van der Waals surface area (Å²) in [5, 5.41) is 16.8. The standard InChI is InChI=1S/C23H20FN5O3S2/c24-17-9-11-19(12-10-17)29-21(13-16-5-2-1-3-6-16)27-28-23(29)33-15-22(30)26-18-7-4-8-20(14-18)34(25,31)32/h1-12,14H,13,15H2,(H,26,30)(H2,25,31,32). The number of rotatable bonds is 8. The molecule has 0 saturated heterocycles. The third-order valence-electron chi connectivity index (χ3n) is 4.77. The van der Waals surface area contributed by atoms with E-state index in [4.69, 9.17) is 5.14 Å². The highest BCUT2D eigenvalue weighted by Gasteiger charge is 2.17. The van der Waals surface area contributed by atoms with Gasteiger partial charge in [0.2, 0.25) is 15.9 Å². The number of carbonyl (C=O) groups excluding carboxylic acids is 1. The summed E-state index contributed by atoms with van der Waals surface area (Å²) < 4.78 is 38.3. The molecule has 8 nitrogen and oxygen atoms in total. The lowest BCUT2D eigenvalue weighted by Gasteiger charge is -2.11. The Morgan fingerprint density at radius 2 is 1.74 bits per heavy atom. The van der Waals surface area contributed by atoms with E-state index in [-0.39, 0.29) is 22.4 Å². The topological polar surface area (TPSA) is 120 Å². The van der Waals surface area contributed by atoms with Gasteiger partial charge in [0.15, 0.2) is 5.16 Å². The number of sulfonamides is 1. The summed E-state index contributed by atoms with van der Waals surface area (Å²) in [4.78, 5) is 12.4. The third kappa shape index (κ3) is 5.87. The van der Waals surface area contributed by atoms with Crippen LogP contribution in [0.4, 0.5) is 10.1 Å². The Hall–Kier alpha value is -3.54. The zero-order chi connectivity index (χ0) is 24.1. The number of carbonyl (C=O) groups is 1. The van der Waals surface area contributed by atoms with Crippen molar-refractivity contribution in [1.29, 1.82) is 0 Å². The molecule has 1 aromatic heterocycles. The van der Waals surface area contributed by atoms with E-state index >= 15 is 0 Å². The van der Waals surface area contributed by atoms with Crippen LogP contribution in [0.15, 0.2) is 88.9 Å². The summed E-state index contributed by atoms with van der Waals surface area (Å²) in [5.74, 6) is -0.0993. The van der Waals surface area contributed by atoms with Crippen LogP contribution in [0.25, 0.3) is 5.69 Å². The first-order chi connectivity index (χ1) is 16.3. The maximum Gasteiger partial charge on any atom is 0.238 e. The van der Waals surface area contributed by atoms with E-state index < -0.39 is 10.0 Å². The van der Waals surface area contributed by atoms with Crippen molar-refractivity contribution >= 4 is 33.4 Å². The quantitative estimate of drug-likeness (QED) is 0.360. The molecule has 4 rings (SSSR count). The third-order valence-corrected chi connectivity index (χ3v) is 6.61. The maximum atomic E-state index is 13.5. The Kier molecular flexibility index (Phi) is 7.06. The largest absolute Gasteiger partial charge is 0.325 e. The lowest BCUT2D eigenvalue weighted by Crippen LogP contribution is -2.16. The molecule has 11 heteroatoms. The van der Waals surface area contributed by atoms with Gasteiger partial charge in [-0.1, -0.05) is 48.2 Å². The van der Waals surface area contributed by atoms with E-state index in [9.17, 15) is 17.6 Å². The second-order valence-electron chi connectivity index (χ2n) is 7.28. The molecular weight excluding hydrogens is 477 g/mol. The van der Waals surface area contributed by atoms with Gasteiger partial charge in [0.1, 0.15) is 11.6 Å². The van der Waals surface area contributed by atoms with Crippen molar-refractivity contribution in [1.82, 2.24) is 14.8 Å². The molecule has 0 spiro atoms. The van der Waals surface area contributed by atoms with Crippen LogP contribution in [0, 0.1) is 5.82 Å². The SMILES string of the molecule is NS(=O)(=O)c1cccc(NC(=O)CSc2nnc(Cc3ccccc3)n2-c2ccc(F)cc2)c1. The zero-order valence-corrected chi connectivity index (χ0v) is 19.4. The highest BCUT2D eigenvalue weighted by atomic mass is 32.2. The average Bonchev–Trinajstić information content (AvgIpc) is 3.21. The molecule has 0 fully saturated rings. The van der Waals surface area contributed by atoms with Crippen LogP contribution < -0.4 is 10.5 Å². The fourth-order valence-electron chi connectivity index (χ4n) is 3.21. The fourth-order valence-corrected chi connectivity index (χ4v) is 4.54. The molecule has 1 amide bonds. The van der Waals surface area contributed by atoms with Crippen LogP contribution >= 0.6 is 11.8 Å². The molecule has 0 aliphatic carbocycles. The van der Waals surface area contributed by atoms with Crippen molar-refractivity contribution < 1.29 is 17.6 Å². The van der Waals surface area contributed by atoms with Crippen molar-refractivity contribution in [2.24, 2.45) is 5.14 Å². The summed E-state index contributed by atoms with van der Waals surface area (Å²) >= 11 is 1.16. The van der Waals surface area contributed by atoms with Gasteiger partial charge in [-0.25, -0.2) is 17.9 Å². The van der Waals surface area contributed by atoms with E-state index in [1.165, 1.54) is 30.3 Å². The number of hydrogen-bond donors (Lipinski definition) is 2. The molecule has 0 bridgehead atoms. The van der Waals surface area contributed by atoms with Crippen LogP contribution in [0.2, 0.25) is 0 Å². The fraction of sp³-hybridized carbons (Fsp3) is 0.0870. The van der Waals surface area contributed by atoms with E-state index in [1.54, 1.807) is 22.8 Å². The summed E-state index contributed by atoms with van der Waals surface area (Å²) in [7, 11) is -3.88. The van der Waals surface area contributed by atoms with E-state index in [0.29, 0.717) is 28.8 Å². The maximum absolute atomic E-state index is 13.5. The highest BCUT2D eigenvalue weighted by Crippen LogP contribution is 2.24. The van der Waals surface area contributed by atoms with E-state index in [2.05, 4.69) is 15.5 Å². The minimum absolute atomic E-state index is 0.00966. The summed E-state index contributed by atoms with van der Waals surface area (Å²) in [5.41, 5.74) is 2.00. The van der Waals surface area contributed by atoms with Gasteiger partial charge >= 0.3 is 0 Å². The summed E-state index contributed by atoms with van der Waals surface area (Å²) in [6, 6.07) is 21.4. The van der Waals surface area contributed by atoms with Gasteiger partial charge < -0.3 is 5.32 Å². The Labute approximate surface area is 200 Å². The van der Waals surface area contributed by atoms with E-state index in [0.717, 1.165) is 17.3 Å². The summed E-state index contributed by atoms with van der Waals surface area (Å²) in [6.45, 7) is 0. The number of thioether (sulfide) groups is 1. The number of hydrogen-bond acceptors (Lipinski definition) is 6. The van der Waals surface area contributed by atoms with Gasteiger partial charge in [0, 0.05) is 17.8 Å². The van der Waals surface area contributed by atoms with Crippen LogP contribution in [0.3, 0.4) is 0 Å². The number of nitrogens with zero attached hydrogens (tertiary/aromatic N) is 3. The zero-order valence-electron chi connectivity index (χ0n) is 17.8. The normalized spacial score (nSPS) is 11.4. The van der Waals surface area contributed by atoms with Gasteiger partial charge in [0.05, 0.1) is 10.6 Å². The number of anilines is 1. The lowest BCUT2D eigenvalue weighted by atomic mass is 10.1. The van der Waals surface area contributed by atoms with E-state index in [1.807, 2.05) is 30.3 Å². The molecule has 34 heavy (non-hydrogen) atoms. The average molecular weight is 498 g/mol. The Morgan fingerprint density at radius 3 is 2.44 bits per heavy atom. The molecule has 3 N–H and O–H groups in total. The van der Waals surface area contributed by atoms with Crippen molar-refractivity contribution in [3.05, 3.63) is 96.1 Å². The molecule has 0 aliphatic heterocycles. The number of primary sulfonamides is 1. The number of aromatic nitrogens is 3. The first-order valence-electron chi connectivity index (χ1n) is 10.1. The molecule has 0 unspecified atom stereocenters. The molecule has 0 atom stereocenters. The smallest absolute Gasteiger partial charge is 0.238 e. The van der Waals surface area contributed by atoms with Gasteiger partial charge in [-0.15, -0.1) is 10.2 Å². The lowest BCUT2D eigenvalue weighted by molar-refractivity contribution is -0.113. The molecule has 0 radical (unpaired) electrons. The number of halogens is 1. The van der Waals surface area contributed by atoms with Crippen molar-refractivity contribution in [2.75, 3.05) is 11.1 Å². The van der Waals surface area contributed by atoms with Crippen LogP contribution in [0.5, 0.6) is 0 Å². The Balaban J connectivity index is 1.53. The molecule has 0 aliphatic rings. The van der Waals surface area contributed by atoms with Gasteiger partial charge in [-0.3, -0.25) is 9.36 Å². The first kappa shape index (κ1) is 23.6. The number of amides is 1. The predicted octanol–water partition coefficient (Wildman–Crippen LogP) is 3.38. The Bertz CT molecular complexity index is 1410. The molecule has 1 heterocycles. The molecule has 0 saturated carbocycles. The second-order valence-corrected chi connectivity index (χ2v) is 9.79. The first-order valence-corrected chi connectivity index (χ1v) is 12.6. The van der Waals surface area contributed by atoms with Gasteiger partial charge in [-0.05, 0) is 48.0 Å². The van der Waals surface area contributed by atoms with Gasteiger partial charge in [0.25, 0.3) is 0 Å². The number of nitrogens with two attached hydrogens (primary N) is 1. The van der Waals surface area contributed by atoms with Crippen molar-refractivity contribution in [2.45, 2.75) is 16.5 Å². The monoisotopic (exact) mass is 497 g/mol.